The van der Waals surface area contributed by atoms with Crippen molar-refractivity contribution in [3.63, 3.8) is 0 Å². The summed E-state index contributed by atoms with van der Waals surface area (Å²) in [7, 11) is 0. The van der Waals surface area contributed by atoms with E-state index in [1.54, 1.807) is 4.40 Å². The van der Waals surface area contributed by atoms with Gasteiger partial charge in [-0.1, -0.05) is 41.9 Å². The first-order valence-corrected chi connectivity index (χ1v) is 5.88. The quantitative estimate of drug-likeness (QED) is 0.729. The minimum Gasteiger partial charge on any atom is -0.478 e. The molecule has 0 radical (unpaired) electrons. The fourth-order valence-electron chi connectivity index (χ4n) is 1.87. The number of benzene rings is 1. The lowest BCUT2D eigenvalue weighted by Gasteiger charge is -2.03. The topological polar surface area (TPSA) is 67.5 Å². The molecule has 2 aromatic heterocycles. The Bertz CT molecular complexity index is 768. The summed E-state index contributed by atoms with van der Waals surface area (Å²) < 4.78 is 1.61. The smallest absolute Gasteiger partial charge is 0.335 e. The zero-order valence-electron chi connectivity index (χ0n) is 9.62. The fourth-order valence-corrected chi connectivity index (χ4v) is 2.16. The zero-order valence-corrected chi connectivity index (χ0v) is 10.4. The highest BCUT2D eigenvalue weighted by Gasteiger charge is 2.14. The summed E-state index contributed by atoms with van der Waals surface area (Å²) in [5.41, 5.74) is 1.35. The Kier molecular flexibility index (Phi) is 2.68. The van der Waals surface area contributed by atoms with Gasteiger partial charge in [0.05, 0.1) is 5.56 Å². The summed E-state index contributed by atoms with van der Waals surface area (Å²) in [5, 5.41) is 17.3. The van der Waals surface area contributed by atoms with E-state index in [2.05, 4.69) is 10.2 Å². The second-order valence-electron chi connectivity index (χ2n) is 3.96. The molecule has 3 rings (SSSR count). The number of aromatic nitrogens is 3. The van der Waals surface area contributed by atoms with Crippen LogP contribution >= 0.6 is 11.6 Å². The second kappa shape index (κ2) is 4.37. The molecule has 19 heavy (non-hydrogen) atoms. The third-order valence-corrected chi connectivity index (χ3v) is 3.02. The Morgan fingerprint density at radius 3 is 2.58 bits per heavy atom. The first kappa shape index (κ1) is 11.7. The highest BCUT2D eigenvalue weighted by molar-refractivity contribution is 6.30. The maximum atomic E-state index is 11.0. The van der Waals surface area contributed by atoms with Crippen molar-refractivity contribution in [1.29, 1.82) is 0 Å². The molecule has 0 atom stereocenters. The molecule has 0 spiro atoms. The number of carbonyl (C=O) groups is 1. The maximum Gasteiger partial charge on any atom is 0.335 e. The molecule has 0 aliphatic carbocycles. The Labute approximate surface area is 113 Å². The standard InChI is InChI=1S/C13H8ClN3O2/c14-10-6-9(13(18)19)7-11-15-16-12(17(10)11)8-4-2-1-3-5-8/h1-7H,(H,18,19). The molecule has 0 saturated heterocycles. The van der Waals surface area contributed by atoms with Gasteiger partial charge in [0, 0.05) is 5.56 Å². The van der Waals surface area contributed by atoms with Crippen LogP contribution in [0.4, 0.5) is 0 Å². The normalized spacial score (nSPS) is 10.8. The van der Waals surface area contributed by atoms with Crippen LogP contribution in [0.5, 0.6) is 0 Å². The van der Waals surface area contributed by atoms with E-state index in [1.807, 2.05) is 30.3 Å². The number of aromatic carboxylic acids is 1. The van der Waals surface area contributed by atoms with Gasteiger partial charge >= 0.3 is 5.97 Å². The van der Waals surface area contributed by atoms with Crippen molar-refractivity contribution >= 4 is 23.2 Å². The number of pyridine rings is 1. The molecule has 0 bridgehead atoms. The predicted octanol–water partition coefficient (Wildman–Crippen LogP) is 2.75. The van der Waals surface area contributed by atoms with Gasteiger partial charge in [0.2, 0.25) is 0 Å². The molecule has 2 heterocycles. The van der Waals surface area contributed by atoms with E-state index < -0.39 is 5.97 Å². The van der Waals surface area contributed by atoms with E-state index in [1.165, 1.54) is 12.1 Å². The summed E-state index contributed by atoms with van der Waals surface area (Å²) in [4.78, 5) is 11.0. The average Bonchev–Trinajstić information content (AvgIpc) is 2.84. The third kappa shape index (κ3) is 1.94. The number of nitrogens with zero attached hydrogens (tertiary/aromatic N) is 3. The number of hydrogen-bond acceptors (Lipinski definition) is 3. The molecule has 0 unspecified atom stereocenters. The largest absolute Gasteiger partial charge is 0.478 e. The summed E-state index contributed by atoms with van der Waals surface area (Å²) in [6.07, 6.45) is 0. The van der Waals surface area contributed by atoms with Crippen molar-refractivity contribution in [2.24, 2.45) is 0 Å². The number of rotatable bonds is 2. The second-order valence-corrected chi connectivity index (χ2v) is 4.34. The Morgan fingerprint density at radius 1 is 1.16 bits per heavy atom. The molecule has 0 aliphatic heterocycles. The van der Waals surface area contributed by atoms with Crippen LogP contribution in [0.15, 0.2) is 42.5 Å². The molecular formula is C13H8ClN3O2. The number of hydrogen-bond donors (Lipinski definition) is 1. The lowest BCUT2D eigenvalue weighted by molar-refractivity contribution is 0.0697. The van der Waals surface area contributed by atoms with Gasteiger partial charge in [-0.15, -0.1) is 10.2 Å². The number of fused-ring (bicyclic) bond motifs is 1. The number of carboxylic acids is 1. The monoisotopic (exact) mass is 273 g/mol. The van der Waals surface area contributed by atoms with Gasteiger partial charge in [-0.05, 0) is 12.1 Å². The Morgan fingerprint density at radius 2 is 1.89 bits per heavy atom. The van der Waals surface area contributed by atoms with Gasteiger partial charge < -0.3 is 5.11 Å². The number of halogens is 1. The highest BCUT2D eigenvalue weighted by Crippen LogP contribution is 2.23. The SMILES string of the molecule is O=C(O)c1cc(Cl)n2c(-c3ccccc3)nnc2c1. The molecule has 5 nitrogen and oxygen atoms in total. The fraction of sp³-hybridized carbons (Fsp3) is 0. The molecule has 0 fully saturated rings. The molecule has 1 N–H and O–H groups in total. The summed E-state index contributed by atoms with van der Waals surface area (Å²) >= 11 is 6.12. The molecule has 0 aliphatic rings. The van der Waals surface area contributed by atoms with Crippen LogP contribution in [0, 0.1) is 0 Å². The van der Waals surface area contributed by atoms with Crippen LogP contribution in [-0.2, 0) is 0 Å². The van der Waals surface area contributed by atoms with E-state index in [0.717, 1.165) is 5.56 Å². The van der Waals surface area contributed by atoms with E-state index in [9.17, 15) is 4.79 Å². The van der Waals surface area contributed by atoms with Gasteiger partial charge in [-0.3, -0.25) is 4.40 Å². The molecule has 3 aromatic rings. The Balaban J connectivity index is 2.27. The van der Waals surface area contributed by atoms with Crippen molar-refractivity contribution < 1.29 is 9.90 Å². The molecule has 1 aromatic carbocycles. The lowest BCUT2D eigenvalue weighted by atomic mass is 10.2. The molecule has 0 amide bonds. The molecular weight excluding hydrogens is 266 g/mol. The highest BCUT2D eigenvalue weighted by atomic mass is 35.5. The Hall–Kier alpha value is -2.40. The van der Waals surface area contributed by atoms with Crippen LogP contribution in [0.1, 0.15) is 10.4 Å². The van der Waals surface area contributed by atoms with Crippen LogP contribution in [-0.4, -0.2) is 25.7 Å². The van der Waals surface area contributed by atoms with Gasteiger partial charge in [-0.2, -0.15) is 0 Å². The summed E-state index contributed by atoms with van der Waals surface area (Å²) in [6.45, 7) is 0. The van der Waals surface area contributed by atoms with Gasteiger partial charge in [0.25, 0.3) is 0 Å². The van der Waals surface area contributed by atoms with Crippen molar-refractivity contribution in [1.82, 2.24) is 14.6 Å². The summed E-state index contributed by atoms with van der Waals surface area (Å²) in [6, 6.07) is 12.3. The minimum absolute atomic E-state index is 0.0875. The van der Waals surface area contributed by atoms with Crippen LogP contribution in [0.2, 0.25) is 5.15 Å². The van der Waals surface area contributed by atoms with E-state index >= 15 is 0 Å². The van der Waals surface area contributed by atoms with Crippen molar-refractivity contribution in [3.8, 4) is 11.4 Å². The minimum atomic E-state index is -1.05. The van der Waals surface area contributed by atoms with Crippen LogP contribution in [0.25, 0.3) is 17.0 Å². The predicted molar refractivity (Wildman–Crippen MR) is 70.4 cm³/mol. The van der Waals surface area contributed by atoms with Gasteiger partial charge in [0.1, 0.15) is 5.15 Å². The van der Waals surface area contributed by atoms with Crippen LogP contribution < -0.4 is 0 Å². The van der Waals surface area contributed by atoms with Crippen LogP contribution in [0.3, 0.4) is 0 Å². The lowest BCUT2D eigenvalue weighted by Crippen LogP contribution is -1.99. The molecule has 6 heteroatoms. The van der Waals surface area contributed by atoms with Gasteiger partial charge in [-0.25, -0.2) is 4.79 Å². The van der Waals surface area contributed by atoms with E-state index in [-0.39, 0.29) is 10.7 Å². The molecule has 94 valence electrons. The zero-order chi connectivity index (χ0) is 13.4. The van der Waals surface area contributed by atoms with E-state index in [0.29, 0.717) is 11.5 Å². The first-order valence-electron chi connectivity index (χ1n) is 5.50. The summed E-state index contributed by atoms with van der Waals surface area (Å²) in [5.74, 6) is -0.466. The third-order valence-electron chi connectivity index (χ3n) is 2.74. The van der Waals surface area contributed by atoms with Crippen molar-refractivity contribution in [2.75, 3.05) is 0 Å². The first-order chi connectivity index (χ1) is 9.16. The molecule has 0 saturated carbocycles. The van der Waals surface area contributed by atoms with E-state index in [4.69, 9.17) is 16.7 Å². The van der Waals surface area contributed by atoms with Crippen molar-refractivity contribution in [3.05, 3.63) is 53.2 Å². The number of carboxylic acid groups (broad SMARTS) is 1. The maximum absolute atomic E-state index is 11.0. The van der Waals surface area contributed by atoms with Gasteiger partial charge in [0.15, 0.2) is 11.5 Å². The average molecular weight is 274 g/mol. The van der Waals surface area contributed by atoms with Crippen molar-refractivity contribution in [2.45, 2.75) is 0 Å².